The molecule has 0 unspecified atom stereocenters. The van der Waals surface area contributed by atoms with Crippen LogP contribution in [0.5, 0.6) is 0 Å². The molecule has 1 N–H and O–H groups in total. The standard InChI is InChI=1S/C13H17N/c1-2-12-9-6-10-13(14-12)11-7-4-3-5-8-11/h2-5,7-8,12-14H,1,6,9-10H2/t12-,13+/m1/s1. The van der Waals surface area contributed by atoms with Crippen molar-refractivity contribution in [3.05, 3.63) is 48.6 Å². The van der Waals surface area contributed by atoms with Crippen LogP contribution in [0, 0.1) is 0 Å². The van der Waals surface area contributed by atoms with Crippen LogP contribution in [0.1, 0.15) is 30.9 Å². The SMILES string of the molecule is C=C[C@@H]1CCC[C@@H](c2ccccc2)N1. The summed E-state index contributed by atoms with van der Waals surface area (Å²) < 4.78 is 0. The van der Waals surface area contributed by atoms with E-state index >= 15 is 0 Å². The maximum absolute atomic E-state index is 3.85. The lowest BCUT2D eigenvalue weighted by Gasteiger charge is -2.29. The van der Waals surface area contributed by atoms with Crippen molar-refractivity contribution in [3.63, 3.8) is 0 Å². The summed E-state index contributed by atoms with van der Waals surface area (Å²) in [4.78, 5) is 0. The first-order chi connectivity index (χ1) is 6.90. The Hall–Kier alpha value is -1.08. The number of hydrogen-bond donors (Lipinski definition) is 1. The molecule has 1 aromatic rings. The van der Waals surface area contributed by atoms with Gasteiger partial charge in [0.15, 0.2) is 0 Å². The van der Waals surface area contributed by atoms with Gasteiger partial charge in [0.25, 0.3) is 0 Å². The zero-order valence-corrected chi connectivity index (χ0v) is 8.45. The van der Waals surface area contributed by atoms with Gasteiger partial charge in [0.2, 0.25) is 0 Å². The Kier molecular flexibility index (Phi) is 3.00. The van der Waals surface area contributed by atoms with Gasteiger partial charge < -0.3 is 5.32 Å². The molecule has 0 bridgehead atoms. The van der Waals surface area contributed by atoms with Crippen LogP contribution in [0.15, 0.2) is 43.0 Å². The highest BCUT2D eigenvalue weighted by atomic mass is 15.0. The molecule has 0 spiro atoms. The molecule has 1 heteroatoms. The first kappa shape index (κ1) is 9.47. The fourth-order valence-corrected chi connectivity index (χ4v) is 2.10. The predicted molar refractivity (Wildman–Crippen MR) is 60.2 cm³/mol. The Morgan fingerprint density at radius 3 is 2.71 bits per heavy atom. The van der Waals surface area contributed by atoms with E-state index in [0.717, 1.165) is 0 Å². The van der Waals surface area contributed by atoms with Crippen LogP contribution in [-0.2, 0) is 0 Å². The first-order valence-corrected chi connectivity index (χ1v) is 5.33. The Balaban J connectivity index is 2.08. The van der Waals surface area contributed by atoms with E-state index in [1.807, 2.05) is 6.08 Å². The lowest BCUT2D eigenvalue weighted by atomic mass is 9.93. The van der Waals surface area contributed by atoms with Crippen LogP contribution >= 0.6 is 0 Å². The van der Waals surface area contributed by atoms with E-state index in [2.05, 4.69) is 42.2 Å². The van der Waals surface area contributed by atoms with Gasteiger partial charge in [-0.2, -0.15) is 0 Å². The molecule has 0 saturated carbocycles. The zero-order chi connectivity index (χ0) is 9.80. The van der Waals surface area contributed by atoms with Crippen LogP contribution in [0.25, 0.3) is 0 Å². The van der Waals surface area contributed by atoms with Gasteiger partial charge in [0.1, 0.15) is 0 Å². The minimum atomic E-state index is 0.494. The summed E-state index contributed by atoms with van der Waals surface area (Å²) in [5.41, 5.74) is 1.40. The van der Waals surface area contributed by atoms with Crippen molar-refractivity contribution < 1.29 is 0 Å². The van der Waals surface area contributed by atoms with Crippen LogP contribution < -0.4 is 5.32 Å². The lowest BCUT2D eigenvalue weighted by Crippen LogP contribution is -2.35. The van der Waals surface area contributed by atoms with E-state index in [1.54, 1.807) is 0 Å². The van der Waals surface area contributed by atoms with Crippen molar-refractivity contribution in [3.8, 4) is 0 Å². The van der Waals surface area contributed by atoms with E-state index in [0.29, 0.717) is 12.1 Å². The molecule has 1 heterocycles. The smallest absolute Gasteiger partial charge is 0.0325 e. The van der Waals surface area contributed by atoms with E-state index in [9.17, 15) is 0 Å². The summed E-state index contributed by atoms with van der Waals surface area (Å²) in [5, 5.41) is 3.60. The third-order valence-corrected chi connectivity index (χ3v) is 2.91. The number of rotatable bonds is 2. The molecule has 2 atom stereocenters. The van der Waals surface area contributed by atoms with E-state index < -0.39 is 0 Å². The molecule has 1 fully saturated rings. The third-order valence-electron chi connectivity index (χ3n) is 2.91. The van der Waals surface area contributed by atoms with Crippen molar-refractivity contribution in [2.24, 2.45) is 0 Å². The fraction of sp³-hybridized carbons (Fsp3) is 0.385. The zero-order valence-electron chi connectivity index (χ0n) is 8.45. The molecule has 1 aliphatic rings. The van der Waals surface area contributed by atoms with Gasteiger partial charge in [-0.25, -0.2) is 0 Å². The van der Waals surface area contributed by atoms with Gasteiger partial charge in [0, 0.05) is 12.1 Å². The topological polar surface area (TPSA) is 12.0 Å². The van der Waals surface area contributed by atoms with Crippen LogP contribution in [-0.4, -0.2) is 6.04 Å². The van der Waals surface area contributed by atoms with Gasteiger partial charge in [-0.3, -0.25) is 0 Å². The van der Waals surface area contributed by atoms with Crippen LogP contribution in [0.2, 0.25) is 0 Å². The molecule has 0 amide bonds. The van der Waals surface area contributed by atoms with Gasteiger partial charge in [-0.15, -0.1) is 6.58 Å². The molecule has 0 radical (unpaired) electrons. The van der Waals surface area contributed by atoms with Crippen LogP contribution in [0.4, 0.5) is 0 Å². The number of benzene rings is 1. The van der Waals surface area contributed by atoms with Gasteiger partial charge in [0.05, 0.1) is 0 Å². The Morgan fingerprint density at radius 2 is 2.00 bits per heavy atom. The van der Waals surface area contributed by atoms with E-state index in [4.69, 9.17) is 0 Å². The van der Waals surface area contributed by atoms with Gasteiger partial charge >= 0.3 is 0 Å². The highest BCUT2D eigenvalue weighted by Crippen LogP contribution is 2.25. The summed E-state index contributed by atoms with van der Waals surface area (Å²) in [7, 11) is 0. The quantitative estimate of drug-likeness (QED) is 0.702. The fourth-order valence-electron chi connectivity index (χ4n) is 2.10. The number of piperidine rings is 1. The highest BCUT2D eigenvalue weighted by molar-refractivity contribution is 5.19. The minimum Gasteiger partial charge on any atom is -0.304 e. The maximum Gasteiger partial charge on any atom is 0.0325 e. The summed E-state index contributed by atoms with van der Waals surface area (Å²) in [6.07, 6.45) is 5.79. The number of nitrogens with one attached hydrogen (secondary N) is 1. The monoisotopic (exact) mass is 187 g/mol. The summed E-state index contributed by atoms with van der Waals surface area (Å²) in [6.45, 7) is 3.85. The highest BCUT2D eigenvalue weighted by Gasteiger charge is 2.19. The average molecular weight is 187 g/mol. The summed E-state index contributed by atoms with van der Waals surface area (Å²) >= 11 is 0. The van der Waals surface area contributed by atoms with Crippen molar-refractivity contribution in [2.75, 3.05) is 0 Å². The molecule has 1 aliphatic heterocycles. The summed E-state index contributed by atoms with van der Waals surface area (Å²) in [6, 6.07) is 11.7. The minimum absolute atomic E-state index is 0.494. The maximum atomic E-state index is 3.85. The Bertz CT molecular complexity index is 291. The van der Waals surface area contributed by atoms with Crippen molar-refractivity contribution in [2.45, 2.75) is 31.3 Å². The summed E-state index contributed by atoms with van der Waals surface area (Å²) in [5.74, 6) is 0. The molecule has 1 nitrogen and oxygen atoms in total. The molecule has 74 valence electrons. The predicted octanol–water partition coefficient (Wildman–Crippen LogP) is 3.06. The second-order valence-electron chi connectivity index (χ2n) is 3.90. The van der Waals surface area contributed by atoms with Gasteiger partial charge in [-0.1, -0.05) is 36.4 Å². The molecule has 14 heavy (non-hydrogen) atoms. The second kappa shape index (κ2) is 4.43. The molecular formula is C13H17N. The van der Waals surface area contributed by atoms with E-state index in [-0.39, 0.29) is 0 Å². The molecule has 2 rings (SSSR count). The largest absolute Gasteiger partial charge is 0.304 e. The molecule has 0 aliphatic carbocycles. The first-order valence-electron chi connectivity index (χ1n) is 5.33. The molecule has 0 aromatic heterocycles. The molecule has 1 saturated heterocycles. The van der Waals surface area contributed by atoms with Crippen molar-refractivity contribution in [1.29, 1.82) is 0 Å². The molecule has 1 aromatic carbocycles. The molecular weight excluding hydrogens is 170 g/mol. The normalized spacial score (nSPS) is 27.1. The second-order valence-corrected chi connectivity index (χ2v) is 3.90. The lowest BCUT2D eigenvalue weighted by molar-refractivity contribution is 0.363. The number of hydrogen-bond acceptors (Lipinski definition) is 1. The van der Waals surface area contributed by atoms with Crippen molar-refractivity contribution in [1.82, 2.24) is 5.32 Å². The van der Waals surface area contributed by atoms with Crippen molar-refractivity contribution >= 4 is 0 Å². The van der Waals surface area contributed by atoms with E-state index in [1.165, 1.54) is 24.8 Å². The van der Waals surface area contributed by atoms with Gasteiger partial charge in [-0.05, 0) is 24.8 Å². The third kappa shape index (κ3) is 2.05. The van der Waals surface area contributed by atoms with Crippen LogP contribution in [0.3, 0.4) is 0 Å². The average Bonchev–Trinajstić information content (AvgIpc) is 2.30. The Morgan fingerprint density at radius 1 is 1.21 bits per heavy atom. The Labute approximate surface area is 85.8 Å².